The van der Waals surface area contributed by atoms with E-state index in [1.807, 2.05) is 6.92 Å². The summed E-state index contributed by atoms with van der Waals surface area (Å²) in [5, 5.41) is 13.8. The van der Waals surface area contributed by atoms with E-state index in [-0.39, 0.29) is 11.5 Å². The summed E-state index contributed by atoms with van der Waals surface area (Å²) in [4.78, 5) is 10.3. The molecule has 4 nitrogen and oxygen atoms in total. The zero-order valence-corrected chi connectivity index (χ0v) is 12.3. The average Bonchev–Trinajstić information content (AvgIpc) is 2.41. The quantitative estimate of drug-likeness (QED) is 0.663. The number of hydrogen-bond acceptors (Lipinski definition) is 3. The Labute approximate surface area is 123 Å². The van der Waals surface area contributed by atoms with Crippen LogP contribution in [0, 0.1) is 22.9 Å². The molecule has 1 N–H and O–H groups in total. The van der Waals surface area contributed by atoms with Crippen molar-refractivity contribution in [1.29, 1.82) is 0 Å². The highest BCUT2D eigenvalue weighted by molar-refractivity contribution is 9.10. The van der Waals surface area contributed by atoms with E-state index in [0.29, 0.717) is 12.2 Å². The van der Waals surface area contributed by atoms with Gasteiger partial charge in [0.1, 0.15) is 5.82 Å². The van der Waals surface area contributed by atoms with Crippen molar-refractivity contribution in [1.82, 2.24) is 0 Å². The maximum absolute atomic E-state index is 13.2. The number of anilines is 1. The molecule has 0 aliphatic heterocycles. The van der Waals surface area contributed by atoms with E-state index < -0.39 is 4.92 Å². The van der Waals surface area contributed by atoms with E-state index in [9.17, 15) is 14.5 Å². The highest BCUT2D eigenvalue weighted by Crippen LogP contribution is 2.24. The highest BCUT2D eigenvalue weighted by atomic mass is 79.9. The van der Waals surface area contributed by atoms with Gasteiger partial charge in [-0.05, 0) is 36.2 Å². The zero-order chi connectivity index (χ0) is 14.7. The number of halogens is 2. The minimum absolute atomic E-state index is 0.0245. The molecule has 2 aromatic carbocycles. The van der Waals surface area contributed by atoms with Crippen LogP contribution in [0.5, 0.6) is 0 Å². The second-order valence-electron chi connectivity index (χ2n) is 4.35. The Hall–Kier alpha value is -1.95. The number of nitro groups is 1. The van der Waals surface area contributed by atoms with Crippen molar-refractivity contribution in [3.05, 3.63) is 67.9 Å². The maximum Gasteiger partial charge on any atom is 0.271 e. The molecule has 0 saturated heterocycles. The van der Waals surface area contributed by atoms with Crippen LogP contribution in [-0.4, -0.2) is 4.92 Å². The summed E-state index contributed by atoms with van der Waals surface area (Å²) in [5.74, 6) is -0.319. The van der Waals surface area contributed by atoms with E-state index in [4.69, 9.17) is 0 Å². The van der Waals surface area contributed by atoms with E-state index in [1.165, 1.54) is 24.3 Å². The van der Waals surface area contributed by atoms with Crippen molar-refractivity contribution in [3.8, 4) is 0 Å². The second-order valence-corrected chi connectivity index (χ2v) is 5.20. The molecule has 0 aliphatic rings. The molecule has 2 aromatic rings. The van der Waals surface area contributed by atoms with Gasteiger partial charge in [0.15, 0.2) is 0 Å². The maximum atomic E-state index is 13.2. The van der Waals surface area contributed by atoms with Gasteiger partial charge in [-0.25, -0.2) is 4.39 Å². The van der Waals surface area contributed by atoms with Crippen LogP contribution in [0.3, 0.4) is 0 Å². The van der Waals surface area contributed by atoms with Crippen LogP contribution in [0.25, 0.3) is 0 Å². The Morgan fingerprint density at radius 1 is 1.30 bits per heavy atom. The molecule has 104 valence electrons. The number of aryl methyl sites for hydroxylation is 1. The third kappa shape index (κ3) is 3.33. The molecule has 20 heavy (non-hydrogen) atoms. The standard InChI is InChI=1S/C14H12BrFN2O2/c1-9-2-4-12(18(19)20)7-14(9)17-8-10-6-11(16)3-5-13(10)15/h2-7,17H,8H2,1H3. The van der Waals surface area contributed by atoms with Crippen molar-refractivity contribution in [2.24, 2.45) is 0 Å². The number of nitrogens with zero attached hydrogens (tertiary/aromatic N) is 1. The molecule has 0 atom stereocenters. The third-order valence-electron chi connectivity index (χ3n) is 2.91. The zero-order valence-electron chi connectivity index (χ0n) is 10.7. The van der Waals surface area contributed by atoms with Crippen LogP contribution in [0.1, 0.15) is 11.1 Å². The predicted octanol–water partition coefficient (Wildman–Crippen LogP) is 4.42. The Morgan fingerprint density at radius 2 is 2.05 bits per heavy atom. The Kier molecular flexibility index (Phi) is 4.34. The van der Waals surface area contributed by atoms with Crippen LogP contribution in [-0.2, 0) is 6.54 Å². The van der Waals surface area contributed by atoms with E-state index >= 15 is 0 Å². The first-order valence-corrected chi connectivity index (χ1v) is 6.69. The third-order valence-corrected chi connectivity index (χ3v) is 3.68. The smallest absolute Gasteiger partial charge is 0.271 e. The predicted molar refractivity (Wildman–Crippen MR) is 79.3 cm³/mol. The van der Waals surface area contributed by atoms with Crippen LogP contribution in [0.15, 0.2) is 40.9 Å². The van der Waals surface area contributed by atoms with Gasteiger partial charge in [0.05, 0.1) is 4.92 Å². The van der Waals surface area contributed by atoms with Crippen molar-refractivity contribution in [3.63, 3.8) is 0 Å². The minimum Gasteiger partial charge on any atom is -0.381 e. The summed E-state index contributed by atoms with van der Waals surface area (Å²) < 4.78 is 14.0. The monoisotopic (exact) mass is 338 g/mol. The fourth-order valence-corrected chi connectivity index (χ4v) is 2.17. The molecule has 0 spiro atoms. The summed E-state index contributed by atoms with van der Waals surface area (Å²) in [6.45, 7) is 2.23. The second kappa shape index (κ2) is 6.00. The first kappa shape index (κ1) is 14.5. The minimum atomic E-state index is -0.442. The van der Waals surface area contributed by atoms with E-state index in [2.05, 4.69) is 21.2 Å². The SMILES string of the molecule is Cc1ccc([N+](=O)[O-])cc1NCc1cc(F)ccc1Br. The van der Waals surface area contributed by atoms with Crippen molar-refractivity contribution < 1.29 is 9.31 Å². The van der Waals surface area contributed by atoms with Crippen LogP contribution in [0.4, 0.5) is 15.8 Å². The Morgan fingerprint density at radius 3 is 2.75 bits per heavy atom. The molecule has 0 bridgehead atoms. The molecule has 0 aromatic heterocycles. The van der Waals surface area contributed by atoms with Gasteiger partial charge in [-0.3, -0.25) is 10.1 Å². The van der Waals surface area contributed by atoms with Crippen molar-refractivity contribution >= 4 is 27.3 Å². The van der Waals surface area contributed by atoms with Gasteiger partial charge >= 0.3 is 0 Å². The molecule has 0 unspecified atom stereocenters. The van der Waals surface area contributed by atoms with Crippen molar-refractivity contribution in [2.75, 3.05) is 5.32 Å². The number of nitrogens with one attached hydrogen (secondary N) is 1. The lowest BCUT2D eigenvalue weighted by molar-refractivity contribution is -0.384. The van der Waals surface area contributed by atoms with Gasteiger partial charge in [0.25, 0.3) is 5.69 Å². The number of benzene rings is 2. The Balaban J connectivity index is 2.20. The average molecular weight is 339 g/mol. The van der Waals surface area contributed by atoms with Gasteiger partial charge < -0.3 is 5.32 Å². The molecule has 2 rings (SSSR count). The largest absolute Gasteiger partial charge is 0.381 e. The van der Waals surface area contributed by atoms with Gasteiger partial charge in [0, 0.05) is 28.8 Å². The summed E-state index contributed by atoms with van der Waals surface area (Å²) >= 11 is 3.35. The lowest BCUT2D eigenvalue weighted by Crippen LogP contribution is -2.03. The first-order valence-electron chi connectivity index (χ1n) is 5.90. The summed E-state index contributed by atoms with van der Waals surface area (Å²) in [5.41, 5.74) is 2.32. The van der Waals surface area contributed by atoms with Crippen LogP contribution in [0.2, 0.25) is 0 Å². The number of non-ortho nitro benzene ring substituents is 1. The van der Waals surface area contributed by atoms with Gasteiger partial charge in [0.2, 0.25) is 0 Å². The van der Waals surface area contributed by atoms with Crippen LogP contribution >= 0.6 is 15.9 Å². The molecule has 0 saturated carbocycles. The molecule has 0 heterocycles. The molecular weight excluding hydrogens is 327 g/mol. The summed E-state index contributed by atoms with van der Waals surface area (Å²) in [6, 6.07) is 9.03. The van der Waals surface area contributed by atoms with Gasteiger partial charge in [-0.15, -0.1) is 0 Å². The van der Waals surface area contributed by atoms with Crippen molar-refractivity contribution in [2.45, 2.75) is 13.5 Å². The first-order chi connectivity index (χ1) is 9.47. The lowest BCUT2D eigenvalue weighted by atomic mass is 10.1. The number of hydrogen-bond donors (Lipinski definition) is 1. The van der Waals surface area contributed by atoms with E-state index in [1.54, 1.807) is 12.1 Å². The van der Waals surface area contributed by atoms with E-state index in [0.717, 1.165) is 15.6 Å². The molecule has 0 amide bonds. The normalized spacial score (nSPS) is 10.3. The fourth-order valence-electron chi connectivity index (χ4n) is 1.78. The Bertz CT molecular complexity index is 662. The summed E-state index contributed by atoms with van der Waals surface area (Å²) in [6.07, 6.45) is 0. The van der Waals surface area contributed by atoms with Crippen LogP contribution < -0.4 is 5.32 Å². The highest BCUT2D eigenvalue weighted by Gasteiger charge is 2.09. The molecule has 0 fully saturated rings. The topological polar surface area (TPSA) is 55.2 Å². The molecule has 0 radical (unpaired) electrons. The number of nitro benzene ring substituents is 1. The molecule has 0 aliphatic carbocycles. The van der Waals surface area contributed by atoms with Gasteiger partial charge in [-0.1, -0.05) is 22.0 Å². The molecular formula is C14H12BrFN2O2. The molecule has 6 heteroatoms. The number of rotatable bonds is 4. The summed E-state index contributed by atoms with van der Waals surface area (Å²) in [7, 11) is 0. The fraction of sp³-hybridized carbons (Fsp3) is 0.143. The van der Waals surface area contributed by atoms with Gasteiger partial charge in [-0.2, -0.15) is 0 Å². The lowest BCUT2D eigenvalue weighted by Gasteiger charge is -2.10.